The number of phenolic OH excluding ortho intramolecular Hbond substituents is 2. The Morgan fingerprint density at radius 2 is 1.37 bits per heavy atom. The lowest BCUT2D eigenvalue weighted by Crippen LogP contribution is -2.08. The zero-order chi connectivity index (χ0) is 27.3. The molecule has 0 spiro atoms. The maximum atomic E-state index is 13.2. The van der Waals surface area contributed by atoms with Crippen LogP contribution in [-0.4, -0.2) is 31.0 Å². The van der Waals surface area contributed by atoms with Crippen molar-refractivity contribution in [3.63, 3.8) is 0 Å². The monoisotopic (exact) mass is 526 g/mol. The minimum atomic E-state index is -0.306. The van der Waals surface area contributed by atoms with E-state index < -0.39 is 0 Å². The van der Waals surface area contributed by atoms with Gasteiger partial charge in [0.15, 0.2) is 28.4 Å². The third-order valence-electron chi connectivity index (χ3n) is 6.82. The molecule has 0 aliphatic rings. The molecule has 1 heterocycles. The van der Waals surface area contributed by atoms with Crippen LogP contribution < -0.4 is 19.6 Å². The van der Waals surface area contributed by atoms with Gasteiger partial charge in [-0.1, -0.05) is 77.6 Å². The number of aromatic hydroxyl groups is 2. The summed E-state index contributed by atoms with van der Waals surface area (Å²) in [4.78, 5) is 13.2. The minimum absolute atomic E-state index is 0.247. The molecule has 1 aromatic heterocycles. The van der Waals surface area contributed by atoms with Crippen molar-refractivity contribution < 1.29 is 28.8 Å². The number of fused-ring (bicyclic) bond motifs is 1. The first-order chi connectivity index (χ1) is 18.5. The number of methoxy groups -OCH3 is 2. The minimum Gasteiger partial charge on any atom is -0.504 e. The van der Waals surface area contributed by atoms with Gasteiger partial charge in [-0.2, -0.15) is 0 Å². The molecule has 0 saturated heterocycles. The van der Waals surface area contributed by atoms with Gasteiger partial charge in [0.25, 0.3) is 0 Å². The molecule has 0 amide bonds. The fourth-order valence-corrected chi connectivity index (χ4v) is 4.67. The molecule has 7 heteroatoms. The van der Waals surface area contributed by atoms with E-state index in [-0.39, 0.29) is 33.7 Å². The molecule has 3 rings (SSSR count). The van der Waals surface area contributed by atoms with E-state index in [0.717, 1.165) is 12.8 Å². The number of hydrogen-bond acceptors (Lipinski definition) is 7. The summed E-state index contributed by atoms with van der Waals surface area (Å²) in [6.07, 6.45) is 15.0. The highest BCUT2D eigenvalue weighted by Crippen LogP contribution is 2.43. The highest BCUT2D eigenvalue weighted by Gasteiger charge is 2.21. The van der Waals surface area contributed by atoms with E-state index in [1.54, 1.807) is 12.1 Å². The maximum absolute atomic E-state index is 13.2. The van der Waals surface area contributed by atoms with Gasteiger partial charge in [-0.3, -0.25) is 4.79 Å². The van der Waals surface area contributed by atoms with E-state index in [4.69, 9.17) is 18.6 Å². The normalized spacial score (nSPS) is 11.1. The second-order valence-corrected chi connectivity index (χ2v) is 9.73. The fourth-order valence-electron chi connectivity index (χ4n) is 4.67. The number of ether oxygens (including phenoxy) is 3. The molecule has 2 N–H and O–H groups in total. The van der Waals surface area contributed by atoms with Gasteiger partial charge >= 0.3 is 0 Å². The van der Waals surface area contributed by atoms with Gasteiger partial charge in [0, 0.05) is 17.7 Å². The summed E-state index contributed by atoms with van der Waals surface area (Å²) in [6, 6.07) is 7.18. The molecule has 0 fully saturated rings. The van der Waals surface area contributed by atoms with Crippen molar-refractivity contribution in [1.29, 1.82) is 0 Å². The van der Waals surface area contributed by atoms with E-state index in [2.05, 4.69) is 6.92 Å². The Kier molecular flexibility index (Phi) is 11.7. The van der Waals surface area contributed by atoms with Crippen LogP contribution in [0.2, 0.25) is 0 Å². The van der Waals surface area contributed by atoms with Crippen LogP contribution in [0.15, 0.2) is 39.5 Å². The predicted octanol–water partition coefficient (Wildman–Crippen LogP) is 7.97. The van der Waals surface area contributed by atoms with Gasteiger partial charge in [0.05, 0.1) is 20.8 Å². The van der Waals surface area contributed by atoms with Crippen molar-refractivity contribution in [3.05, 3.63) is 40.6 Å². The molecule has 7 nitrogen and oxygen atoms in total. The maximum Gasteiger partial charge on any atom is 0.204 e. The van der Waals surface area contributed by atoms with E-state index in [0.29, 0.717) is 29.4 Å². The molecule has 3 aromatic rings. The van der Waals surface area contributed by atoms with Crippen LogP contribution in [0.5, 0.6) is 28.7 Å². The highest BCUT2D eigenvalue weighted by atomic mass is 16.5. The number of hydrogen-bond donors (Lipinski definition) is 2. The van der Waals surface area contributed by atoms with Crippen molar-refractivity contribution in [1.82, 2.24) is 0 Å². The number of rotatable bonds is 17. The first kappa shape index (κ1) is 29.2. The molecule has 38 heavy (non-hydrogen) atoms. The van der Waals surface area contributed by atoms with Crippen LogP contribution >= 0.6 is 0 Å². The van der Waals surface area contributed by atoms with Crippen molar-refractivity contribution in [3.8, 4) is 40.1 Å². The second kappa shape index (κ2) is 15.2. The summed E-state index contributed by atoms with van der Waals surface area (Å²) in [5.41, 5.74) is 0.426. The van der Waals surface area contributed by atoms with Gasteiger partial charge in [-0.05, 0) is 24.6 Å². The number of phenols is 2. The Labute approximate surface area is 225 Å². The van der Waals surface area contributed by atoms with E-state index in [1.165, 1.54) is 96.6 Å². The molecule has 0 aliphatic carbocycles. The standard InChI is InChI=1S/C31H42O7/c1-4-5-6-7-8-9-10-11-12-13-14-15-18-37-31-29-25(34)20-26(22-16-17-23(32)24(33)19-22)38-27(29)21-28(35-2)30(31)36-3/h16-17,19-21,32-33H,4-15,18H2,1-3H3. The molecule has 0 radical (unpaired) electrons. The van der Waals surface area contributed by atoms with Crippen LogP contribution in [0.1, 0.15) is 84.0 Å². The average Bonchev–Trinajstić information content (AvgIpc) is 2.91. The average molecular weight is 527 g/mol. The Hall–Kier alpha value is -3.35. The lowest BCUT2D eigenvalue weighted by atomic mass is 10.1. The Bertz CT molecular complexity index is 1220. The van der Waals surface area contributed by atoms with Crippen molar-refractivity contribution >= 4 is 11.0 Å². The van der Waals surface area contributed by atoms with Crippen molar-refractivity contribution in [2.75, 3.05) is 20.8 Å². The quantitative estimate of drug-likeness (QED) is 0.136. The lowest BCUT2D eigenvalue weighted by molar-refractivity contribution is 0.279. The summed E-state index contributed by atoms with van der Waals surface area (Å²) in [7, 11) is 3.02. The first-order valence-corrected chi connectivity index (χ1v) is 13.9. The Morgan fingerprint density at radius 1 is 0.737 bits per heavy atom. The van der Waals surface area contributed by atoms with Crippen LogP contribution in [-0.2, 0) is 0 Å². The molecule has 208 valence electrons. The molecule has 0 atom stereocenters. The summed E-state index contributed by atoms with van der Waals surface area (Å²) >= 11 is 0. The summed E-state index contributed by atoms with van der Waals surface area (Å²) in [5, 5.41) is 19.7. The van der Waals surface area contributed by atoms with Crippen molar-refractivity contribution in [2.45, 2.75) is 84.0 Å². The molecular weight excluding hydrogens is 484 g/mol. The van der Waals surface area contributed by atoms with Gasteiger partial charge in [0.2, 0.25) is 5.75 Å². The summed E-state index contributed by atoms with van der Waals surface area (Å²) in [5.74, 6) is 0.733. The lowest BCUT2D eigenvalue weighted by Gasteiger charge is -2.16. The highest BCUT2D eigenvalue weighted by molar-refractivity contribution is 5.90. The van der Waals surface area contributed by atoms with Gasteiger partial charge in [0.1, 0.15) is 16.7 Å². The van der Waals surface area contributed by atoms with Gasteiger partial charge < -0.3 is 28.8 Å². The van der Waals surface area contributed by atoms with E-state index in [1.807, 2.05) is 0 Å². The van der Waals surface area contributed by atoms with Crippen LogP contribution in [0.3, 0.4) is 0 Å². The van der Waals surface area contributed by atoms with Crippen LogP contribution in [0, 0.1) is 0 Å². The molecule has 0 saturated carbocycles. The third-order valence-corrected chi connectivity index (χ3v) is 6.82. The largest absolute Gasteiger partial charge is 0.504 e. The first-order valence-electron chi connectivity index (χ1n) is 13.9. The second-order valence-electron chi connectivity index (χ2n) is 9.73. The summed E-state index contributed by atoms with van der Waals surface area (Å²) < 4.78 is 23.1. The molecule has 2 aromatic carbocycles. The molecule has 0 unspecified atom stereocenters. The Balaban J connectivity index is 1.62. The van der Waals surface area contributed by atoms with E-state index >= 15 is 0 Å². The van der Waals surface area contributed by atoms with Gasteiger partial charge in [-0.25, -0.2) is 0 Å². The third kappa shape index (κ3) is 7.83. The summed E-state index contributed by atoms with van der Waals surface area (Å²) in [6.45, 7) is 2.70. The number of unbranched alkanes of at least 4 members (excludes halogenated alkanes) is 11. The van der Waals surface area contributed by atoms with E-state index in [9.17, 15) is 15.0 Å². The predicted molar refractivity (Wildman–Crippen MR) is 151 cm³/mol. The fraction of sp³-hybridized carbons (Fsp3) is 0.516. The SMILES string of the molecule is CCCCCCCCCCCCCCOc1c(OC)c(OC)cc2oc(-c3ccc(O)c(O)c3)cc(=O)c12. The number of benzene rings is 2. The smallest absolute Gasteiger partial charge is 0.204 e. The Morgan fingerprint density at radius 3 is 1.95 bits per heavy atom. The van der Waals surface area contributed by atoms with Crippen LogP contribution in [0.4, 0.5) is 0 Å². The zero-order valence-corrected chi connectivity index (χ0v) is 23.0. The molecule has 0 bridgehead atoms. The van der Waals surface area contributed by atoms with Crippen LogP contribution in [0.25, 0.3) is 22.3 Å². The van der Waals surface area contributed by atoms with Gasteiger partial charge in [-0.15, -0.1) is 0 Å². The topological polar surface area (TPSA) is 98.4 Å². The zero-order valence-electron chi connectivity index (χ0n) is 23.0. The van der Waals surface area contributed by atoms with Crippen molar-refractivity contribution in [2.24, 2.45) is 0 Å². The molecule has 0 aliphatic heterocycles. The molecular formula is C31H42O7.